The first-order valence-corrected chi connectivity index (χ1v) is 8.60. The van der Waals surface area contributed by atoms with Gasteiger partial charge in [-0.2, -0.15) is 5.26 Å². The van der Waals surface area contributed by atoms with E-state index in [0.717, 1.165) is 12.1 Å². The van der Waals surface area contributed by atoms with Gasteiger partial charge >= 0.3 is 0 Å². The van der Waals surface area contributed by atoms with Crippen LogP contribution in [-0.4, -0.2) is 16.5 Å². The molecule has 7 heteroatoms. The molecule has 2 atom stereocenters. The second-order valence-corrected chi connectivity index (χ2v) is 6.86. The number of halogens is 3. The molecule has 1 N–H and O–H groups in total. The zero-order valence-electron chi connectivity index (χ0n) is 12.5. The summed E-state index contributed by atoms with van der Waals surface area (Å²) in [4.78, 5) is 0.696. The van der Waals surface area contributed by atoms with Gasteiger partial charge in [-0.15, -0.1) is 11.8 Å². The summed E-state index contributed by atoms with van der Waals surface area (Å²) in [5.41, 5.74) is 0.934. The van der Waals surface area contributed by atoms with Crippen LogP contribution in [0, 0.1) is 17.1 Å². The number of ether oxygens (including phenoxy) is 1. The van der Waals surface area contributed by atoms with Crippen molar-refractivity contribution in [1.82, 2.24) is 0 Å². The Hall–Kier alpha value is -1.81. The Morgan fingerprint density at radius 3 is 2.83 bits per heavy atom. The SMILES string of the molecule is CSc1ccc(Oc2cc(F)cc(C#N)c2)c2c1[C@H](O)C(F)(Cl)C2. The highest BCUT2D eigenvalue weighted by Gasteiger charge is 2.47. The van der Waals surface area contributed by atoms with Gasteiger partial charge < -0.3 is 9.84 Å². The summed E-state index contributed by atoms with van der Waals surface area (Å²) in [5.74, 6) is -0.221. The third-order valence-corrected chi connectivity index (χ3v) is 4.94. The van der Waals surface area contributed by atoms with Crippen LogP contribution >= 0.6 is 23.4 Å². The van der Waals surface area contributed by atoms with Gasteiger partial charge in [0.15, 0.2) is 0 Å². The molecule has 0 spiro atoms. The molecule has 0 saturated carbocycles. The normalized spacial score (nSPS) is 22.1. The lowest BCUT2D eigenvalue weighted by atomic mass is 10.1. The Balaban J connectivity index is 2.06. The first-order chi connectivity index (χ1) is 11.4. The topological polar surface area (TPSA) is 53.2 Å². The van der Waals surface area contributed by atoms with Gasteiger partial charge in [0.2, 0.25) is 5.13 Å². The van der Waals surface area contributed by atoms with E-state index >= 15 is 0 Å². The Morgan fingerprint density at radius 1 is 1.42 bits per heavy atom. The second kappa shape index (κ2) is 6.25. The molecule has 1 aliphatic carbocycles. The van der Waals surface area contributed by atoms with E-state index in [1.54, 1.807) is 18.4 Å². The third-order valence-electron chi connectivity index (χ3n) is 3.81. The van der Waals surface area contributed by atoms with E-state index < -0.39 is 17.0 Å². The van der Waals surface area contributed by atoms with Crippen molar-refractivity contribution in [2.45, 2.75) is 22.5 Å². The lowest BCUT2D eigenvalue weighted by molar-refractivity contribution is 0.0625. The molecule has 0 aliphatic heterocycles. The van der Waals surface area contributed by atoms with Crippen molar-refractivity contribution >= 4 is 23.4 Å². The Bertz CT molecular complexity index is 851. The Kier molecular flexibility index (Phi) is 4.43. The highest BCUT2D eigenvalue weighted by molar-refractivity contribution is 7.98. The van der Waals surface area contributed by atoms with E-state index in [1.165, 1.54) is 17.8 Å². The van der Waals surface area contributed by atoms with Crippen LogP contribution in [-0.2, 0) is 6.42 Å². The molecular weight excluding hydrogens is 356 g/mol. The van der Waals surface area contributed by atoms with Gasteiger partial charge in [0.05, 0.1) is 11.6 Å². The molecular formula is C17H12ClF2NO2S. The molecule has 2 aromatic carbocycles. The second-order valence-electron chi connectivity index (χ2n) is 5.39. The smallest absolute Gasteiger partial charge is 0.217 e. The lowest BCUT2D eigenvalue weighted by Crippen LogP contribution is -2.20. The van der Waals surface area contributed by atoms with Crippen LogP contribution < -0.4 is 4.74 Å². The van der Waals surface area contributed by atoms with E-state index in [4.69, 9.17) is 21.6 Å². The van der Waals surface area contributed by atoms with E-state index in [1.807, 2.05) is 6.07 Å². The molecule has 1 unspecified atom stereocenters. The number of thioether (sulfide) groups is 1. The summed E-state index contributed by atoms with van der Waals surface area (Å²) < 4.78 is 33.6. The Labute approximate surface area is 146 Å². The van der Waals surface area contributed by atoms with Gasteiger partial charge in [-0.1, -0.05) is 11.6 Å². The summed E-state index contributed by atoms with van der Waals surface area (Å²) in [7, 11) is 0. The van der Waals surface area contributed by atoms with Crippen LogP contribution in [0.1, 0.15) is 22.8 Å². The van der Waals surface area contributed by atoms with E-state index in [9.17, 15) is 13.9 Å². The van der Waals surface area contributed by atoms with Gasteiger partial charge in [0.25, 0.3) is 0 Å². The minimum absolute atomic E-state index is 0.111. The third kappa shape index (κ3) is 2.95. The van der Waals surface area contributed by atoms with Crippen molar-refractivity contribution < 1.29 is 18.6 Å². The average molecular weight is 368 g/mol. The Morgan fingerprint density at radius 2 is 2.17 bits per heavy atom. The highest BCUT2D eigenvalue weighted by Crippen LogP contribution is 2.51. The number of nitrogens with zero attached hydrogens (tertiary/aromatic N) is 1. The summed E-state index contributed by atoms with van der Waals surface area (Å²) in [6.07, 6.45) is 0.110. The van der Waals surface area contributed by atoms with Crippen LogP contribution in [0.15, 0.2) is 35.2 Å². The standard InChI is InChI=1S/C17H12ClF2NO2S/c1-24-14-3-2-13(12-7-17(18,20)16(22)15(12)14)23-11-5-9(8-21)4-10(19)6-11/h2-6,16,22H,7H2,1H3/t16-,17?/m0/s1. The van der Waals surface area contributed by atoms with Crippen molar-refractivity contribution in [3.05, 3.63) is 52.8 Å². The molecule has 1 aliphatic rings. The fraction of sp³-hybridized carbons (Fsp3) is 0.235. The van der Waals surface area contributed by atoms with Gasteiger partial charge in [0, 0.05) is 28.5 Å². The zero-order chi connectivity index (χ0) is 17.5. The average Bonchev–Trinajstić information content (AvgIpc) is 2.78. The molecule has 124 valence electrons. The molecule has 0 amide bonds. The molecule has 0 saturated heterocycles. The largest absolute Gasteiger partial charge is 0.457 e. The minimum atomic E-state index is -2.31. The number of aliphatic hydroxyl groups is 1. The van der Waals surface area contributed by atoms with Crippen LogP contribution in [0.2, 0.25) is 0 Å². The van der Waals surface area contributed by atoms with Crippen LogP contribution in [0.4, 0.5) is 8.78 Å². The molecule has 0 bridgehead atoms. The maximum absolute atomic E-state index is 14.4. The molecule has 0 radical (unpaired) electrons. The fourth-order valence-electron chi connectivity index (χ4n) is 2.74. The van der Waals surface area contributed by atoms with Crippen molar-refractivity contribution in [3.63, 3.8) is 0 Å². The fourth-order valence-corrected chi connectivity index (χ4v) is 3.64. The number of aliphatic hydroxyl groups excluding tert-OH is 1. The number of alkyl halides is 2. The lowest BCUT2D eigenvalue weighted by Gasteiger charge is -2.16. The molecule has 0 heterocycles. The van der Waals surface area contributed by atoms with Gasteiger partial charge in [0.1, 0.15) is 23.4 Å². The monoisotopic (exact) mass is 367 g/mol. The minimum Gasteiger partial charge on any atom is -0.457 e. The zero-order valence-corrected chi connectivity index (χ0v) is 14.1. The first kappa shape index (κ1) is 17.0. The van der Waals surface area contributed by atoms with E-state index in [2.05, 4.69) is 0 Å². The molecule has 0 fully saturated rings. The molecule has 3 rings (SSSR count). The number of hydrogen-bond acceptors (Lipinski definition) is 4. The van der Waals surface area contributed by atoms with Gasteiger partial charge in [-0.05, 0) is 30.5 Å². The van der Waals surface area contributed by atoms with Crippen LogP contribution in [0.5, 0.6) is 11.5 Å². The maximum atomic E-state index is 14.4. The number of rotatable bonds is 3. The van der Waals surface area contributed by atoms with Crippen molar-refractivity contribution in [2.24, 2.45) is 0 Å². The number of nitriles is 1. The van der Waals surface area contributed by atoms with E-state index in [0.29, 0.717) is 16.0 Å². The summed E-state index contributed by atoms with van der Waals surface area (Å²) in [6, 6.07) is 8.74. The van der Waals surface area contributed by atoms with E-state index in [-0.39, 0.29) is 23.5 Å². The molecule has 2 aromatic rings. The van der Waals surface area contributed by atoms with Gasteiger partial charge in [-0.25, -0.2) is 8.78 Å². The number of fused-ring (bicyclic) bond motifs is 1. The first-order valence-electron chi connectivity index (χ1n) is 7.00. The summed E-state index contributed by atoms with van der Waals surface area (Å²) in [5, 5.41) is 16.7. The predicted octanol–water partition coefficient (Wildman–Crippen LogP) is 4.71. The van der Waals surface area contributed by atoms with Crippen LogP contribution in [0.25, 0.3) is 0 Å². The quantitative estimate of drug-likeness (QED) is 0.630. The number of hydrogen-bond donors (Lipinski definition) is 1. The van der Waals surface area contributed by atoms with Crippen molar-refractivity contribution in [2.75, 3.05) is 6.26 Å². The summed E-state index contributed by atoms with van der Waals surface area (Å²) in [6.45, 7) is 0. The summed E-state index contributed by atoms with van der Waals surface area (Å²) >= 11 is 7.13. The molecule has 24 heavy (non-hydrogen) atoms. The molecule has 0 aromatic heterocycles. The highest BCUT2D eigenvalue weighted by atomic mass is 35.5. The van der Waals surface area contributed by atoms with Crippen molar-refractivity contribution in [1.29, 1.82) is 5.26 Å². The van der Waals surface area contributed by atoms with Crippen molar-refractivity contribution in [3.8, 4) is 17.6 Å². The van der Waals surface area contributed by atoms with Gasteiger partial charge in [-0.3, -0.25) is 0 Å². The number of benzene rings is 2. The maximum Gasteiger partial charge on any atom is 0.217 e. The predicted molar refractivity (Wildman–Crippen MR) is 87.8 cm³/mol. The van der Waals surface area contributed by atoms with Crippen LogP contribution in [0.3, 0.4) is 0 Å². The molecule has 3 nitrogen and oxygen atoms in total.